The fraction of sp³-hybridized carbons (Fsp3) is 0.333. The third-order valence-electron chi connectivity index (χ3n) is 7.96. The van der Waals surface area contributed by atoms with Crippen LogP contribution in [0.4, 0.5) is 0 Å². The molecule has 2 heterocycles. The third kappa shape index (κ3) is 5.42. The average molecular weight is 615 g/mol. The quantitative estimate of drug-likeness (QED) is 0.136. The lowest BCUT2D eigenvalue weighted by Gasteiger charge is -2.31. The molecular formula is C33H38N4O4SSi. The first-order valence-corrected chi connectivity index (χ1v) is 19.6. The molecule has 2 N–H and O–H groups in total. The summed E-state index contributed by atoms with van der Waals surface area (Å²) in [6.07, 6.45) is 2.23. The zero-order chi connectivity index (χ0) is 31.2. The highest BCUT2D eigenvalue weighted by Crippen LogP contribution is 2.45. The first kappa shape index (κ1) is 30.7. The van der Waals surface area contributed by atoms with Crippen LogP contribution in [0.15, 0.2) is 65.7 Å². The van der Waals surface area contributed by atoms with Crippen LogP contribution in [-0.2, 0) is 32.7 Å². The molecule has 0 saturated carbocycles. The zero-order valence-electron chi connectivity index (χ0n) is 25.5. The molecule has 3 aromatic carbocycles. The predicted octanol–water partition coefficient (Wildman–Crippen LogP) is 6.55. The average Bonchev–Trinajstić information content (AvgIpc) is 3.60. The van der Waals surface area contributed by atoms with Crippen molar-refractivity contribution in [2.24, 2.45) is 0 Å². The Morgan fingerprint density at radius 3 is 2.47 bits per heavy atom. The monoisotopic (exact) mass is 614 g/mol. The number of aromatic amines is 1. The number of ether oxygens (including phenoxy) is 1. The maximum Gasteiger partial charge on any atom is 0.256 e. The second-order valence-electron chi connectivity index (χ2n) is 12.3. The molecule has 1 unspecified atom stereocenters. The Labute approximate surface area is 253 Å². The summed E-state index contributed by atoms with van der Waals surface area (Å²) in [5.74, 6) is -0.0766. The Balaban J connectivity index is 1.87. The highest BCUT2D eigenvalue weighted by atomic mass is 32.2. The van der Waals surface area contributed by atoms with Crippen LogP contribution in [0, 0.1) is 25.2 Å². The van der Waals surface area contributed by atoms with Gasteiger partial charge in [0, 0.05) is 37.3 Å². The van der Waals surface area contributed by atoms with E-state index in [0.717, 1.165) is 22.7 Å². The minimum atomic E-state index is -4.53. The van der Waals surface area contributed by atoms with Gasteiger partial charge < -0.3 is 19.4 Å². The molecule has 0 amide bonds. The number of nitrogens with zero attached hydrogens (tertiary/aromatic N) is 3. The summed E-state index contributed by atoms with van der Waals surface area (Å²) in [4.78, 5) is 5.39. The molecule has 10 heteroatoms. The minimum absolute atomic E-state index is 0.0163. The fourth-order valence-corrected chi connectivity index (χ4v) is 8.04. The number of imidazole rings is 1. The van der Waals surface area contributed by atoms with Crippen LogP contribution in [-0.4, -0.2) is 42.7 Å². The number of aliphatic hydroxyl groups is 1. The lowest BCUT2D eigenvalue weighted by atomic mass is 9.93. The summed E-state index contributed by atoms with van der Waals surface area (Å²) in [5.41, 5.74) is 4.88. The fourth-order valence-electron chi connectivity index (χ4n) is 5.54. The van der Waals surface area contributed by atoms with Gasteiger partial charge in [0.1, 0.15) is 6.73 Å². The largest absolute Gasteiger partial charge is 0.365 e. The van der Waals surface area contributed by atoms with E-state index in [-0.39, 0.29) is 23.0 Å². The summed E-state index contributed by atoms with van der Waals surface area (Å²) < 4.78 is 37.6. The molecule has 0 fully saturated rings. The molecule has 43 heavy (non-hydrogen) atoms. The van der Waals surface area contributed by atoms with Gasteiger partial charge in [-0.25, -0.2) is 13.4 Å². The highest BCUT2D eigenvalue weighted by Gasteiger charge is 2.52. The SMILES string of the molecule is CCc1cc(C)c2[nH]ccc2c1C(O)(c1nc2cc(C#N)ccc2n1COCC[Si](C)(C)C)S(=O)(=O)c1ccc(C)cc1. The van der Waals surface area contributed by atoms with E-state index in [1.807, 2.05) is 26.8 Å². The summed E-state index contributed by atoms with van der Waals surface area (Å²) >= 11 is 0. The van der Waals surface area contributed by atoms with Crippen molar-refractivity contribution in [2.75, 3.05) is 6.61 Å². The number of benzene rings is 3. The van der Waals surface area contributed by atoms with Gasteiger partial charge in [-0.05, 0) is 73.8 Å². The smallest absolute Gasteiger partial charge is 0.256 e. The molecule has 224 valence electrons. The maximum atomic E-state index is 14.9. The minimum Gasteiger partial charge on any atom is -0.365 e. The van der Waals surface area contributed by atoms with E-state index in [4.69, 9.17) is 9.72 Å². The lowest BCUT2D eigenvalue weighted by molar-refractivity contribution is 0.0761. The van der Waals surface area contributed by atoms with Crippen LogP contribution >= 0.6 is 0 Å². The van der Waals surface area contributed by atoms with Crippen LogP contribution < -0.4 is 0 Å². The number of aromatic nitrogens is 3. The van der Waals surface area contributed by atoms with Crippen molar-refractivity contribution in [1.82, 2.24) is 14.5 Å². The van der Waals surface area contributed by atoms with Gasteiger partial charge in [0.15, 0.2) is 5.82 Å². The van der Waals surface area contributed by atoms with Crippen molar-refractivity contribution >= 4 is 39.8 Å². The van der Waals surface area contributed by atoms with E-state index in [1.54, 1.807) is 47.2 Å². The molecule has 1 atom stereocenters. The third-order valence-corrected chi connectivity index (χ3v) is 11.7. The van der Waals surface area contributed by atoms with Crippen molar-refractivity contribution in [3.05, 3.63) is 94.4 Å². The number of H-pyrrole nitrogens is 1. The van der Waals surface area contributed by atoms with E-state index < -0.39 is 22.8 Å². The molecule has 5 rings (SSSR count). The van der Waals surface area contributed by atoms with Crippen molar-refractivity contribution < 1.29 is 18.3 Å². The normalized spacial score (nSPS) is 13.8. The molecule has 8 nitrogen and oxygen atoms in total. The van der Waals surface area contributed by atoms with E-state index >= 15 is 0 Å². The number of fused-ring (bicyclic) bond motifs is 2. The summed E-state index contributed by atoms with van der Waals surface area (Å²) in [7, 11) is -5.94. The van der Waals surface area contributed by atoms with Crippen molar-refractivity contribution in [3.8, 4) is 6.07 Å². The van der Waals surface area contributed by atoms with Gasteiger partial charge in [0.05, 0.1) is 27.6 Å². The molecule has 2 aromatic heterocycles. The van der Waals surface area contributed by atoms with E-state index in [2.05, 4.69) is 30.7 Å². The first-order chi connectivity index (χ1) is 20.3. The Morgan fingerprint density at radius 2 is 1.81 bits per heavy atom. The second kappa shape index (κ2) is 11.4. The van der Waals surface area contributed by atoms with Crippen LogP contribution in [0.25, 0.3) is 21.9 Å². The van der Waals surface area contributed by atoms with Crippen molar-refractivity contribution in [1.29, 1.82) is 5.26 Å². The molecule has 0 bridgehead atoms. The van der Waals surface area contributed by atoms with Gasteiger partial charge in [0.2, 0.25) is 9.84 Å². The molecule has 0 aliphatic heterocycles. The molecule has 0 spiro atoms. The van der Waals surface area contributed by atoms with E-state index in [1.165, 1.54) is 12.1 Å². The number of rotatable bonds is 10. The van der Waals surface area contributed by atoms with Gasteiger partial charge >= 0.3 is 0 Å². The van der Waals surface area contributed by atoms with Crippen LogP contribution in [0.2, 0.25) is 25.7 Å². The van der Waals surface area contributed by atoms with Gasteiger partial charge in [-0.2, -0.15) is 5.26 Å². The zero-order valence-corrected chi connectivity index (χ0v) is 27.3. The van der Waals surface area contributed by atoms with Crippen LogP contribution in [0.3, 0.4) is 0 Å². The molecule has 0 saturated heterocycles. The second-order valence-corrected chi connectivity index (χ2v) is 20.0. The Kier molecular flexibility index (Phi) is 8.13. The molecule has 0 aliphatic carbocycles. The van der Waals surface area contributed by atoms with Crippen LogP contribution in [0.1, 0.15) is 40.6 Å². The number of nitriles is 1. The Hall–Kier alpha value is -3.75. The number of sulfone groups is 1. The molecular weight excluding hydrogens is 577 g/mol. The van der Waals surface area contributed by atoms with E-state index in [0.29, 0.717) is 40.6 Å². The molecule has 5 aromatic rings. The predicted molar refractivity (Wildman–Crippen MR) is 172 cm³/mol. The standard InChI is InChI=1S/C33H38N4O4SSi/c1-7-25-18-23(3)31-27(14-15-35-31)30(25)33(38,42(39,40)26-11-8-22(2)9-12-26)32-36-28-19-24(20-34)10-13-29(28)37(32)21-41-16-17-43(4,5)6/h8-15,18-19,35,38H,7,16-17,21H2,1-6H3. The van der Waals surface area contributed by atoms with Gasteiger partial charge in [0.25, 0.3) is 4.93 Å². The summed E-state index contributed by atoms with van der Waals surface area (Å²) in [6, 6.07) is 18.3. The number of hydrogen-bond acceptors (Lipinski definition) is 6. The van der Waals surface area contributed by atoms with Crippen molar-refractivity contribution in [3.63, 3.8) is 0 Å². The number of nitrogens with one attached hydrogen (secondary N) is 1. The van der Waals surface area contributed by atoms with Gasteiger partial charge in [-0.3, -0.25) is 0 Å². The van der Waals surface area contributed by atoms with Gasteiger partial charge in [-0.15, -0.1) is 0 Å². The lowest BCUT2D eigenvalue weighted by Crippen LogP contribution is -2.41. The maximum absolute atomic E-state index is 14.9. The Morgan fingerprint density at radius 1 is 1.09 bits per heavy atom. The Bertz CT molecular complexity index is 1960. The molecule has 0 radical (unpaired) electrons. The number of aryl methyl sites for hydroxylation is 3. The summed E-state index contributed by atoms with van der Waals surface area (Å²) in [6.45, 7) is 13.0. The highest BCUT2D eigenvalue weighted by molar-refractivity contribution is 7.92. The van der Waals surface area contributed by atoms with E-state index in [9.17, 15) is 18.8 Å². The number of hydrogen-bond donors (Lipinski definition) is 2. The summed E-state index contributed by atoms with van der Waals surface area (Å²) in [5, 5.41) is 23.3. The first-order valence-electron chi connectivity index (χ1n) is 14.4. The molecule has 0 aliphatic rings. The van der Waals surface area contributed by atoms with Gasteiger partial charge in [-0.1, -0.05) is 50.3 Å². The topological polar surface area (TPSA) is 121 Å². The van der Waals surface area contributed by atoms with Crippen molar-refractivity contribution in [2.45, 2.75) is 69.4 Å². The van der Waals surface area contributed by atoms with Crippen LogP contribution in [0.5, 0.6) is 0 Å².